The Labute approximate surface area is 124 Å². The minimum Gasteiger partial charge on any atom is -0.481 e. The first kappa shape index (κ1) is 15.5. The van der Waals surface area contributed by atoms with Crippen molar-refractivity contribution in [1.29, 1.82) is 0 Å². The maximum atomic E-state index is 12.3. The van der Waals surface area contributed by atoms with Crippen LogP contribution in [0.1, 0.15) is 39.5 Å². The summed E-state index contributed by atoms with van der Waals surface area (Å²) in [6.45, 7) is 5.90. The van der Waals surface area contributed by atoms with E-state index in [0.29, 0.717) is 5.92 Å². The molecule has 0 aromatic heterocycles. The van der Waals surface area contributed by atoms with Gasteiger partial charge in [-0.2, -0.15) is 11.8 Å². The number of carboxylic acid groups (broad SMARTS) is 1. The van der Waals surface area contributed by atoms with Crippen molar-refractivity contribution < 1.29 is 14.7 Å². The largest absolute Gasteiger partial charge is 0.481 e. The van der Waals surface area contributed by atoms with Gasteiger partial charge in [0.15, 0.2) is 0 Å². The van der Waals surface area contributed by atoms with Gasteiger partial charge in [-0.3, -0.25) is 4.79 Å². The van der Waals surface area contributed by atoms with Gasteiger partial charge in [-0.25, -0.2) is 4.79 Å². The predicted molar refractivity (Wildman–Crippen MR) is 80.0 cm³/mol. The van der Waals surface area contributed by atoms with E-state index in [2.05, 4.69) is 19.2 Å². The Morgan fingerprint density at radius 3 is 2.70 bits per heavy atom. The van der Waals surface area contributed by atoms with Crippen molar-refractivity contribution >= 4 is 23.8 Å². The summed E-state index contributed by atoms with van der Waals surface area (Å²) >= 11 is 1.89. The molecule has 1 aliphatic heterocycles. The number of rotatable bonds is 4. The summed E-state index contributed by atoms with van der Waals surface area (Å²) in [6.07, 6.45) is 3.06. The lowest BCUT2D eigenvalue weighted by Crippen LogP contribution is -2.47. The van der Waals surface area contributed by atoms with Gasteiger partial charge < -0.3 is 15.3 Å². The maximum absolute atomic E-state index is 12.3. The van der Waals surface area contributed by atoms with Crippen LogP contribution < -0.4 is 5.32 Å². The Kier molecular flexibility index (Phi) is 4.83. The van der Waals surface area contributed by atoms with E-state index in [1.54, 1.807) is 0 Å². The van der Waals surface area contributed by atoms with Crippen molar-refractivity contribution in [3.05, 3.63) is 0 Å². The second-order valence-electron chi connectivity index (χ2n) is 6.34. The normalized spacial score (nSPS) is 23.8. The fourth-order valence-corrected chi connectivity index (χ4v) is 3.60. The number of nitrogens with zero attached hydrogens (tertiary/aromatic N) is 1. The SMILES string of the molecule is CC1(C)CCN(C(=O)NC(CC(=O)O)C2CC2)CCS1. The molecule has 114 valence electrons. The third-order valence-corrected chi connectivity index (χ3v) is 5.39. The molecule has 2 rings (SSSR count). The standard InChI is InChI=1S/C14H24N2O3S/c1-14(2)5-6-16(7-8-20-14)13(19)15-11(9-12(17)18)10-3-4-10/h10-11H,3-9H2,1-2H3,(H,15,19)(H,17,18). The predicted octanol–water partition coefficient (Wildman–Crippen LogP) is 2.17. The Balaban J connectivity index is 1.88. The molecule has 0 aromatic rings. The Morgan fingerprint density at radius 2 is 2.10 bits per heavy atom. The first-order valence-corrected chi connectivity index (χ1v) is 8.27. The molecule has 0 bridgehead atoms. The molecule has 2 aliphatic rings. The molecule has 20 heavy (non-hydrogen) atoms. The molecule has 0 spiro atoms. The van der Waals surface area contributed by atoms with E-state index in [1.165, 1.54) is 0 Å². The zero-order valence-electron chi connectivity index (χ0n) is 12.2. The Morgan fingerprint density at radius 1 is 1.40 bits per heavy atom. The van der Waals surface area contributed by atoms with Crippen LogP contribution >= 0.6 is 11.8 Å². The highest BCUT2D eigenvalue weighted by Gasteiger charge is 2.35. The van der Waals surface area contributed by atoms with Gasteiger partial charge in [-0.1, -0.05) is 13.8 Å². The average Bonchev–Trinajstić information content (AvgIpc) is 3.14. The van der Waals surface area contributed by atoms with E-state index in [1.807, 2.05) is 16.7 Å². The van der Waals surface area contributed by atoms with Gasteiger partial charge in [0.25, 0.3) is 0 Å². The fraction of sp³-hybridized carbons (Fsp3) is 0.857. The first-order chi connectivity index (χ1) is 9.37. The van der Waals surface area contributed by atoms with Crippen LogP contribution in [0.5, 0.6) is 0 Å². The summed E-state index contributed by atoms with van der Waals surface area (Å²) in [7, 11) is 0. The van der Waals surface area contributed by atoms with Crippen LogP contribution in [0.4, 0.5) is 4.79 Å². The molecule has 1 unspecified atom stereocenters. The molecule has 2 fully saturated rings. The molecule has 1 saturated carbocycles. The van der Waals surface area contributed by atoms with Crippen LogP contribution in [0.25, 0.3) is 0 Å². The molecule has 2 N–H and O–H groups in total. The van der Waals surface area contributed by atoms with Crippen molar-refractivity contribution in [1.82, 2.24) is 10.2 Å². The number of urea groups is 1. The van der Waals surface area contributed by atoms with Crippen molar-refractivity contribution in [3.8, 4) is 0 Å². The number of thioether (sulfide) groups is 1. The van der Waals surface area contributed by atoms with E-state index in [9.17, 15) is 9.59 Å². The van der Waals surface area contributed by atoms with Gasteiger partial charge in [0, 0.05) is 29.6 Å². The van der Waals surface area contributed by atoms with E-state index in [-0.39, 0.29) is 23.2 Å². The molecule has 1 aliphatic carbocycles. The van der Waals surface area contributed by atoms with Gasteiger partial charge in [0.2, 0.25) is 0 Å². The monoisotopic (exact) mass is 300 g/mol. The number of aliphatic carboxylic acids is 1. The summed E-state index contributed by atoms with van der Waals surface area (Å²) in [5.74, 6) is 0.454. The van der Waals surface area contributed by atoms with Crippen LogP contribution in [0.15, 0.2) is 0 Å². The minimum absolute atomic E-state index is 0.0322. The third kappa shape index (κ3) is 4.58. The zero-order chi connectivity index (χ0) is 14.8. The summed E-state index contributed by atoms with van der Waals surface area (Å²) in [5.41, 5.74) is 0. The van der Waals surface area contributed by atoms with Crippen LogP contribution in [0, 0.1) is 5.92 Å². The van der Waals surface area contributed by atoms with Crippen LogP contribution in [-0.4, -0.2) is 51.6 Å². The Hall–Kier alpha value is -0.910. The molecule has 0 aromatic carbocycles. The van der Waals surface area contributed by atoms with Crippen LogP contribution in [0.3, 0.4) is 0 Å². The summed E-state index contributed by atoms with van der Waals surface area (Å²) < 4.78 is 0.214. The number of nitrogens with one attached hydrogen (secondary N) is 1. The zero-order valence-corrected chi connectivity index (χ0v) is 13.0. The molecule has 1 heterocycles. The van der Waals surface area contributed by atoms with Crippen molar-refractivity contribution in [2.45, 2.75) is 50.3 Å². The molecule has 1 atom stereocenters. The molecule has 6 heteroatoms. The number of hydrogen-bond donors (Lipinski definition) is 2. The highest BCUT2D eigenvalue weighted by Crippen LogP contribution is 2.34. The number of hydrogen-bond acceptors (Lipinski definition) is 3. The molecule has 0 radical (unpaired) electrons. The van der Waals surface area contributed by atoms with Gasteiger partial charge in [-0.05, 0) is 25.2 Å². The molecular weight excluding hydrogens is 276 g/mol. The minimum atomic E-state index is -0.838. The van der Waals surface area contributed by atoms with Gasteiger partial charge in [0.1, 0.15) is 0 Å². The maximum Gasteiger partial charge on any atom is 0.317 e. The number of carboxylic acids is 1. The second kappa shape index (κ2) is 6.24. The van der Waals surface area contributed by atoms with Crippen LogP contribution in [0.2, 0.25) is 0 Å². The van der Waals surface area contributed by atoms with Crippen molar-refractivity contribution in [2.75, 3.05) is 18.8 Å². The van der Waals surface area contributed by atoms with Crippen molar-refractivity contribution in [2.24, 2.45) is 5.92 Å². The summed E-state index contributed by atoms with van der Waals surface area (Å²) in [6, 6.07) is -0.301. The lowest BCUT2D eigenvalue weighted by Gasteiger charge is -2.25. The number of carbonyl (C=O) groups is 2. The lowest BCUT2D eigenvalue weighted by atomic mass is 10.1. The first-order valence-electron chi connectivity index (χ1n) is 7.28. The van der Waals surface area contributed by atoms with E-state index in [0.717, 1.165) is 38.1 Å². The molecular formula is C14H24N2O3S. The Bertz CT molecular complexity index is 383. The quantitative estimate of drug-likeness (QED) is 0.835. The average molecular weight is 300 g/mol. The van der Waals surface area contributed by atoms with Gasteiger partial charge in [0.05, 0.1) is 6.42 Å². The highest BCUT2D eigenvalue weighted by atomic mass is 32.2. The number of carbonyl (C=O) groups excluding carboxylic acids is 1. The fourth-order valence-electron chi connectivity index (χ4n) is 2.50. The van der Waals surface area contributed by atoms with Gasteiger partial charge in [-0.15, -0.1) is 0 Å². The molecule has 2 amide bonds. The van der Waals surface area contributed by atoms with E-state index < -0.39 is 5.97 Å². The highest BCUT2D eigenvalue weighted by molar-refractivity contribution is 8.00. The van der Waals surface area contributed by atoms with E-state index in [4.69, 9.17) is 5.11 Å². The lowest BCUT2D eigenvalue weighted by molar-refractivity contribution is -0.137. The smallest absolute Gasteiger partial charge is 0.317 e. The molecule has 1 saturated heterocycles. The summed E-state index contributed by atoms with van der Waals surface area (Å²) in [4.78, 5) is 25.0. The van der Waals surface area contributed by atoms with Gasteiger partial charge >= 0.3 is 12.0 Å². The molecule has 5 nitrogen and oxygen atoms in total. The van der Waals surface area contributed by atoms with Crippen molar-refractivity contribution in [3.63, 3.8) is 0 Å². The van der Waals surface area contributed by atoms with Crippen LogP contribution in [-0.2, 0) is 4.79 Å². The summed E-state index contributed by atoms with van der Waals surface area (Å²) in [5, 5.41) is 11.9. The topological polar surface area (TPSA) is 69.6 Å². The van der Waals surface area contributed by atoms with E-state index >= 15 is 0 Å². The second-order valence-corrected chi connectivity index (χ2v) is 8.14. The number of amides is 2. The third-order valence-electron chi connectivity index (χ3n) is 4.02.